The number of anilines is 2. The Kier molecular flexibility index (Phi) is 6.48. The molecule has 5 rings (SSSR count). The molecule has 1 N–H and O–H groups in total. The summed E-state index contributed by atoms with van der Waals surface area (Å²) in [5.41, 5.74) is 3.38. The second kappa shape index (κ2) is 9.81. The Hall–Kier alpha value is -2.74. The normalized spacial score (nSPS) is 18.2. The molecule has 2 fully saturated rings. The number of hydrogen-bond acceptors (Lipinski definition) is 7. The third kappa shape index (κ3) is 4.85. The Labute approximate surface area is 190 Å². The molecule has 0 spiro atoms. The number of nitrogens with zero attached hydrogens (tertiary/aromatic N) is 5. The van der Waals surface area contributed by atoms with Gasteiger partial charge in [-0.3, -0.25) is 4.90 Å². The topological polar surface area (TPSA) is 56.8 Å². The first-order chi connectivity index (χ1) is 15.8. The molecule has 0 bridgehead atoms. The quantitative estimate of drug-likeness (QED) is 0.643. The molecule has 0 atom stereocenters. The number of ether oxygens (including phenoxy) is 1. The molecular weight excluding hydrogens is 400 g/mol. The van der Waals surface area contributed by atoms with E-state index in [0.717, 1.165) is 88.2 Å². The van der Waals surface area contributed by atoms with Crippen LogP contribution in [0.5, 0.6) is 0 Å². The summed E-state index contributed by atoms with van der Waals surface area (Å²) >= 11 is 0. The average molecular weight is 433 g/mol. The van der Waals surface area contributed by atoms with Crippen molar-refractivity contribution in [2.45, 2.75) is 0 Å². The summed E-state index contributed by atoms with van der Waals surface area (Å²) in [6.07, 6.45) is 0. The molecule has 2 aromatic carbocycles. The van der Waals surface area contributed by atoms with Crippen LogP contribution in [0, 0.1) is 0 Å². The van der Waals surface area contributed by atoms with Gasteiger partial charge in [-0.1, -0.05) is 36.4 Å². The van der Waals surface area contributed by atoms with Crippen LogP contribution >= 0.6 is 0 Å². The summed E-state index contributed by atoms with van der Waals surface area (Å²) in [4.78, 5) is 17.1. The van der Waals surface area contributed by atoms with E-state index in [1.807, 2.05) is 0 Å². The maximum absolute atomic E-state index is 5.48. The number of benzene rings is 2. The third-order valence-electron chi connectivity index (χ3n) is 6.40. The van der Waals surface area contributed by atoms with Crippen molar-refractivity contribution in [3.8, 4) is 11.1 Å². The minimum absolute atomic E-state index is 0.824. The highest BCUT2D eigenvalue weighted by molar-refractivity contribution is 5.93. The molecule has 7 nitrogen and oxygen atoms in total. The maximum atomic E-state index is 5.48. The fourth-order valence-corrected chi connectivity index (χ4v) is 4.37. The molecule has 2 aliphatic heterocycles. The van der Waals surface area contributed by atoms with Crippen molar-refractivity contribution in [3.05, 3.63) is 48.5 Å². The predicted molar refractivity (Wildman–Crippen MR) is 130 cm³/mol. The van der Waals surface area contributed by atoms with Crippen molar-refractivity contribution in [2.75, 3.05) is 82.8 Å². The second-order valence-corrected chi connectivity index (χ2v) is 8.64. The van der Waals surface area contributed by atoms with Crippen LogP contribution in [0.4, 0.5) is 11.8 Å². The van der Waals surface area contributed by atoms with E-state index in [1.165, 1.54) is 11.1 Å². The Morgan fingerprint density at radius 3 is 2.44 bits per heavy atom. The van der Waals surface area contributed by atoms with Crippen LogP contribution in [0.3, 0.4) is 0 Å². The van der Waals surface area contributed by atoms with Gasteiger partial charge in [0.15, 0.2) is 0 Å². The fraction of sp³-hybridized carbons (Fsp3) is 0.440. The first-order valence-electron chi connectivity index (χ1n) is 11.6. The van der Waals surface area contributed by atoms with E-state index in [2.05, 4.69) is 75.6 Å². The lowest BCUT2D eigenvalue weighted by atomic mass is 10.0. The van der Waals surface area contributed by atoms with Crippen LogP contribution in [0.1, 0.15) is 0 Å². The number of likely N-dealkylation sites (N-methyl/N-ethyl adjacent to an activating group) is 1. The molecule has 7 heteroatoms. The lowest BCUT2D eigenvalue weighted by Crippen LogP contribution is -2.45. The molecule has 168 valence electrons. The summed E-state index contributed by atoms with van der Waals surface area (Å²) in [5.74, 6) is 1.75. The predicted octanol–water partition coefficient (Wildman–Crippen LogP) is 2.79. The Morgan fingerprint density at radius 2 is 1.66 bits per heavy atom. The van der Waals surface area contributed by atoms with E-state index >= 15 is 0 Å². The van der Waals surface area contributed by atoms with Gasteiger partial charge in [0.2, 0.25) is 5.95 Å². The van der Waals surface area contributed by atoms with Gasteiger partial charge in [-0.2, -0.15) is 4.98 Å². The Morgan fingerprint density at radius 1 is 0.875 bits per heavy atom. The van der Waals surface area contributed by atoms with E-state index in [0.29, 0.717) is 0 Å². The molecule has 3 heterocycles. The van der Waals surface area contributed by atoms with Gasteiger partial charge < -0.3 is 19.9 Å². The van der Waals surface area contributed by atoms with Gasteiger partial charge >= 0.3 is 0 Å². The average Bonchev–Trinajstić information content (AvgIpc) is 2.85. The first kappa shape index (κ1) is 21.1. The Bertz CT molecular complexity index is 1030. The van der Waals surface area contributed by atoms with Gasteiger partial charge in [0.25, 0.3) is 0 Å². The number of piperazine rings is 1. The van der Waals surface area contributed by atoms with Crippen LogP contribution < -0.4 is 10.2 Å². The second-order valence-electron chi connectivity index (χ2n) is 8.64. The molecule has 1 aromatic heterocycles. The zero-order valence-electron chi connectivity index (χ0n) is 18.8. The van der Waals surface area contributed by atoms with Crippen molar-refractivity contribution in [1.82, 2.24) is 19.8 Å². The summed E-state index contributed by atoms with van der Waals surface area (Å²) in [7, 11) is 2.17. The summed E-state index contributed by atoms with van der Waals surface area (Å²) in [6, 6.07) is 17.0. The monoisotopic (exact) mass is 432 g/mol. The highest BCUT2D eigenvalue weighted by Crippen LogP contribution is 2.29. The van der Waals surface area contributed by atoms with Crippen LogP contribution in [0.15, 0.2) is 48.5 Å². The number of aromatic nitrogens is 2. The highest BCUT2D eigenvalue weighted by Gasteiger charge is 2.19. The van der Waals surface area contributed by atoms with Crippen LogP contribution in [-0.2, 0) is 4.74 Å². The van der Waals surface area contributed by atoms with Crippen LogP contribution in [0.25, 0.3) is 22.0 Å². The van der Waals surface area contributed by atoms with Gasteiger partial charge in [-0.15, -0.1) is 0 Å². The number of hydrogen-bond donors (Lipinski definition) is 1. The number of rotatable bonds is 6. The molecule has 3 aromatic rings. The van der Waals surface area contributed by atoms with E-state index < -0.39 is 0 Å². The fourth-order valence-electron chi connectivity index (χ4n) is 4.37. The largest absolute Gasteiger partial charge is 0.379 e. The molecule has 0 aliphatic carbocycles. The van der Waals surface area contributed by atoms with Crippen molar-refractivity contribution < 1.29 is 4.74 Å². The zero-order chi connectivity index (χ0) is 21.8. The summed E-state index contributed by atoms with van der Waals surface area (Å²) in [6.45, 7) is 9.46. The first-order valence-corrected chi connectivity index (χ1v) is 11.6. The zero-order valence-corrected chi connectivity index (χ0v) is 18.8. The lowest BCUT2D eigenvalue weighted by Gasteiger charge is -2.32. The lowest BCUT2D eigenvalue weighted by molar-refractivity contribution is 0.0398. The van der Waals surface area contributed by atoms with Gasteiger partial charge in [-0.05, 0) is 30.3 Å². The minimum atomic E-state index is 0.824. The molecule has 32 heavy (non-hydrogen) atoms. The maximum Gasteiger partial charge on any atom is 0.227 e. The Balaban J connectivity index is 1.44. The summed E-state index contributed by atoms with van der Waals surface area (Å²) < 4.78 is 5.48. The molecule has 2 aliphatic rings. The molecule has 2 saturated heterocycles. The van der Waals surface area contributed by atoms with Crippen molar-refractivity contribution >= 4 is 22.7 Å². The van der Waals surface area contributed by atoms with Crippen molar-refractivity contribution in [3.63, 3.8) is 0 Å². The molecule has 0 amide bonds. The van der Waals surface area contributed by atoms with Crippen molar-refractivity contribution in [1.29, 1.82) is 0 Å². The number of fused-ring (bicyclic) bond motifs is 1. The van der Waals surface area contributed by atoms with E-state index in [-0.39, 0.29) is 0 Å². The smallest absolute Gasteiger partial charge is 0.227 e. The van der Waals surface area contributed by atoms with E-state index in [1.54, 1.807) is 0 Å². The van der Waals surface area contributed by atoms with Crippen LogP contribution in [0.2, 0.25) is 0 Å². The van der Waals surface area contributed by atoms with Crippen molar-refractivity contribution in [2.24, 2.45) is 0 Å². The van der Waals surface area contributed by atoms with Crippen LogP contribution in [-0.4, -0.2) is 92.4 Å². The SMILES string of the molecule is CN1CCN(c2nc(NCCN3CCOCC3)c3cc(-c4ccccc4)ccc3n2)CC1. The summed E-state index contributed by atoms with van der Waals surface area (Å²) in [5, 5.41) is 4.71. The molecule has 0 saturated carbocycles. The molecule has 0 unspecified atom stereocenters. The van der Waals surface area contributed by atoms with Gasteiger partial charge in [-0.25, -0.2) is 4.98 Å². The third-order valence-corrected chi connectivity index (χ3v) is 6.40. The number of nitrogens with one attached hydrogen (secondary N) is 1. The molecular formula is C25H32N6O. The highest BCUT2D eigenvalue weighted by atomic mass is 16.5. The standard InChI is InChI=1S/C25H32N6O/c1-29-11-13-31(14-12-29)25-27-23-8-7-21(20-5-3-2-4-6-20)19-22(23)24(28-25)26-9-10-30-15-17-32-18-16-30/h2-8,19H,9-18H2,1H3,(H,26,27,28). The number of morpholine rings is 1. The van der Waals surface area contributed by atoms with Gasteiger partial charge in [0, 0.05) is 57.7 Å². The molecule has 0 radical (unpaired) electrons. The van der Waals surface area contributed by atoms with Gasteiger partial charge in [0.05, 0.1) is 18.7 Å². The van der Waals surface area contributed by atoms with E-state index in [9.17, 15) is 0 Å². The van der Waals surface area contributed by atoms with Gasteiger partial charge in [0.1, 0.15) is 5.82 Å². The minimum Gasteiger partial charge on any atom is -0.379 e. The van der Waals surface area contributed by atoms with E-state index in [4.69, 9.17) is 14.7 Å².